The van der Waals surface area contributed by atoms with Crippen molar-refractivity contribution < 1.29 is 14.6 Å². The standard InChI is InChI=1S/C13H26O3Si/c1-13(2,3)17(4,5)16-11-6-7-12(15)10(8-11)9-14/h6-7,10-12,14-15H,8-9H2,1-5H3/t10-,11-,12+/m0/s1. The summed E-state index contributed by atoms with van der Waals surface area (Å²) in [5.41, 5.74) is 0. The van der Waals surface area contributed by atoms with Crippen LogP contribution in [0.15, 0.2) is 12.2 Å². The van der Waals surface area contributed by atoms with Gasteiger partial charge in [-0.15, -0.1) is 0 Å². The lowest BCUT2D eigenvalue weighted by molar-refractivity contribution is 0.0578. The normalized spacial score (nSPS) is 30.6. The molecule has 0 amide bonds. The summed E-state index contributed by atoms with van der Waals surface area (Å²) in [4.78, 5) is 0. The van der Waals surface area contributed by atoms with Gasteiger partial charge in [0.05, 0.1) is 12.2 Å². The molecule has 1 rings (SSSR count). The van der Waals surface area contributed by atoms with Crippen molar-refractivity contribution in [1.29, 1.82) is 0 Å². The zero-order valence-corrected chi connectivity index (χ0v) is 12.6. The molecule has 1 aliphatic carbocycles. The summed E-state index contributed by atoms with van der Waals surface area (Å²) in [6.45, 7) is 11.1. The van der Waals surface area contributed by atoms with Crippen LogP contribution in [0.5, 0.6) is 0 Å². The van der Waals surface area contributed by atoms with Crippen LogP contribution in [0.25, 0.3) is 0 Å². The highest BCUT2D eigenvalue weighted by atomic mass is 28.4. The van der Waals surface area contributed by atoms with E-state index in [2.05, 4.69) is 33.9 Å². The third-order valence-electron chi connectivity index (χ3n) is 4.03. The van der Waals surface area contributed by atoms with Gasteiger partial charge in [-0.05, 0) is 24.6 Å². The number of hydrogen-bond donors (Lipinski definition) is 2. The number of aliphatic hydroxyl groups excluding tert-OH is 2. The Balaban J connectivity index is 2.68. The molecule has 0 saturated carbocycles. The minimum absolute atomic E-state index is 0.0167. The summed E-state index contributed by atoms with van der Waals surface area (Å²) in [5, 5.41) is 19.0. The maximum absolute atomic E-state index is 9.65. The molecule has 2 N–H and O–H groups in total. The van der Waals surface area contributed by atoms with Crippen LogP contribution >= 0.6 is 0 Å². The maximum Gasteiger partial charge on any atom is 0.192 e. The van der Waals surface area contributed by atoms with E-state index in [1.807, 2.05) is 6.08 Å². The van der Waals surface area contributed by atoms with Crippen LogP contribution in [0, 0.1) is 5.92 Å². The molecule has 3 nitrogen and oxygen atoms in total. The van der Waals surface area contributed by atoms with Crippen molar-refractivity contribution in [3.63, 3.8) is 0 Å². The fraction of sp³-hybridized carbons (Fsp3) is 0.846. The van der Waals surface area contributed by atoms with Crippen molar-refractivity contribution in [3.8, 4) is 0 Å². The van der Waals surface area contributed by atoms with Crippen LogP contribution in [0.2, 0.25) is 18.1 Å². The molecule has 0 fully saturated rings. The highest BCUT2D eigenvalue weighted by Gasteiger charge is 2.40. The van der Waals surface area contributed by atoms with Gasteiger partial charge in [0.1, 0.15) is 0 Å². The van der Waals surface area contributed by atoms with E-state index < -0.39 is 14.4 Å². The molecule has 0 unspecified atom stereocenters. The van der Waals surface area contributed by atoms with Gasteiger partial charge in [0, 0.05) is 12.5 Å². The average Bonchev–Trinajstić information content (AvgIpc) is 2.19. The molecule has 0 bridgehead atoms. The molecule has 4 heteroatoms. The molecule has 17 heavy (non-hydrogen) atoms. The highest BCUT2D eigenvalue weighted by molar-refractivity contribution is 6.74. The quantitative estimate of drug-likeness (QED) is 0.603. The van der Waals surface area contributed by atoms with Gasteiger partial charge < -0.3 is 14.6 Å². The van der Waals surface area contributed by atoms with E-state index in [4.69, 9.17) is 4.43 Å². The van der Waals surface area contributed by atoms with Gasteiger partial charge in [0.2, 0.25) is 0 Å². The van der Waals surface area contributed by atoms with Crippen molar-refractivity contribution in [2.45, 2.75) is 57.5 Å². The Hall–Kier alpha value is -0.163. The van der Waals surface area contributed by atoms with Gasteiger partial charge in [0.15, 0.2) is 8.32 Å². The summed E-state index contributed by atoms with van der Waals surface area (Å²) in [5.74, 6) is -0.0882. The molecule has 100 valence electrons. The van der Waals surface area contributed by atoms with Crippen LogP contribution in [0.1, 0.15) is 27.2 Å². The first-order valence-electron chi connectivity index (χ1n) is 6.32. The van der Waals surface area contributed by atoms with Crippen LogP contribution in [0.3, 0.4) is 0 Å². The lowest BCUT2D eigenvalue weighted by atomic mass is 9.91. The molecule has 0 aliphatic heterocycles. The summed E-state index contributed by atoms with van der Waals surface area (Å²) >= 11 is 0. The third-order valence-corrected chi connectivity index (χ3v) is 8.53. The summed E-state index contributed by atoms with van der Waals surface area (Å²) in [6.07, 6.45) is 3.91. The lowest BCUT2D eigenvalue weighted by Gasteiger charge is -2.40. The summed E-state index contributed by atoms with van der Waals surface area (Å²) in [7, 11) is -1.77. The second kappa shape index (κ2) is 5.22. The van der Waals surface area contributed by atoms with E-state index in [0.29, 0.717) is 6.42 Å². The number of aliphatic hydroxyl groups is 2. The Bertz CT molecular complexity index is 281. The molecule has 0 saturated heterocycles. The largest absolute Gasteiger partial charge is 0.411 e. The van der Waals surface area contributed by atoms with Crippen molar-refractivity contribution in [1.82, 2.24) is 0 Å². The molecule has 0 aromatic rings. The smallest absolute Gasteiger partial charge is 0.192 e. The maximum atomic E-state index is 9.65. The van der Waals surface area contributed by atoms with Gasteiger partial charge in [0.25, 0.3) is 0 Å². The van der Waals surface area contributed by atoms with E-state index in [9.17, 15) is 10.2 Å². The van der Waals surface area contributed by atoms with E-state index in [1.165, 1.54) is 0 Å². The zero-order valence-electron chi connectivity index (χ0n) is 11.6. The topological polar surface area (TPSA) is 49.7 Å². The van der Waals surface area contributed by atoms with Crippen LogP contribution in [-0.2, 0) is 4.43 Å². The van der Waals surface area contributed by atoms with Gasteiger partial charge in [-0.3, -0.25) is 0 Å². The van der Waals surface area contributed by atoms with Gasteiger partial charge in [-0.25, -0.2) is 0 Å². The second-order valence-electron chi connectivity index (χ2n) is 6.47. The second-order valence-corrected chi connectivity index (χ2v) is 11.2. The summed E-state index contributed by atoms with van der Waals surface area (Å²) in [6, 6.07) is 0. The predicted octanol–water partition coefficient (Wildman–Crippen LogP) is 2.31. The number of rotatable bonds is 3. The monoisotopic (exact) mass is 258 g/mol. The zero-order chi connectivity index (χ0) is 13.3. The van der Waals surface area contributed by atoms with Crippen molar-refractivity contribution in [2.75, 3.05) is 6.61 Å². The van der Waals surface area contributed by atoms with Crippen LogP contribution < -0.4 is 0 Å². The molecule has 3 atom stereocenters. The molecular formula is C13H26O3Si. The fourth-order valence-electron chi connectivity index (χ4n) is 1.74. The average molecular weight is 258 g/mol. The Morgan fingerprint density at radius 3 is 2.35 bits per heavy atom. The Labute approximate surface area is 106 Å². The molecule has 0 heterocycles. The predicted molar refractivity (Wildman–Crippen MR) is 72.4 cm³/mol. The first kappa shape index (κ1) is 14.9. The van der Waals surface area contributed by atoms with Crippen LogP contribution in [0.4, 0.5) is 0 Å². The minimum atomic E-state index is -1.77. The molecule has 0 aromatic carbocycles. The van der Waals surface area contributed by atoms with Crippen molar-refractivity contribution >= 4 is 8.32 Å². The lowest BCUT2D eigenvalue weighted by Crippen LogP contribution is -2.45. The van der Waals surface area contributed by atoms with Crippen molar-refractivity contribution in [3.05, 3.63) is 12.2 Å². The SMILES string of the molecule is CC(C)(C)[Si](C)(C)O[C@H]1C=C[C@@H](O)[C@H](CO)C1. The first-order chi connectivity index (χ1) is 7.67. The highest BCUT2D eigenvalue weighted by Crippen LogP contribution is 2.38. The van der Waals surface area contributed by atoms with E-state index in [1.54, 1.807) is 6.08 Å². The van der Waals surface area contributed by atoms with Gasteiger partial charge in [-0.1, -0.05) is 32.9 Å². The van der Waals surface area contributed by atoms with E-state index in [-0.39, 0.29) is 23.7 Å². The van der Waals surface area contributed by atoms with E-state index in [0.717, 1.165) is 0 Å². The Morgan fingerprint density at radius 1 is 1.29 bits per heavy atom. The Morgan fingerprint density at radius 2 is 1.88 bits per heavy atom. The number of hydrogen-bond acceptors (Lipinski definition) is 3. The van der Waals surface area contributed by atoms with E-state index >= 15 is 0 Å². The summed E-state index contributed by atoms with van der Waals surface area (Å²) < 4.78 is 6.25. The third kappa shape index (κ3) is 3.65. The van der Waals surface area contributed by atoms with Crippen LogP contribution in [-0.4, -0.2) is 37.3 Å². The fourth-order valence-corrected chi connectivity index (χ4v) is 3.02. The molecule has 1 aliphatic rings. The minimum Gasteiger partial charge on any atom is -0.411 e. The van der Waals surface area contributed by atoms with Gasteiger partial charge in [-0.2, -0.15) is 0 Å². The van der Waals surface area contributed by atoms with Gasteiger partial charge >= 0.3 is 0 Å². The molecular weight excluding hydrogens is 232 g/mol. The first-order valence-corrected chi connectivity index (χ1v) is 9.23. The molecule has 0 aromatic heterocycles. The molecule has 0 radical (unpaired) electrons. The molecule has 0 spiro atoms. The van der Waals surface area contributed by atoms with Crippen molar-refractivity contribution in [2.24, 2.45) is 5.92 Å². The Kier molecular flexibility index (Phi) is 4.58.